The Morgan fingerprint density at radius 1 is 1.28 bits per heavy atom. The SMILES string of the molecule is Cc1cccc(C(=O)NCCCc2cccs2)c1. The second kappa shape index (κ2) is 6.36. The number of carbonyl (C=O) groups excluding carboxylic acids is 1. The molecule has 3 heteroatoms. The summed E-state index contributed by atoms with van der Waals surface area (Å²) in [6, 6.07) is 11.9. The Labute approximate surface area is 112 Å². The van der Waals surface area contributed by atoms with Crippen molar-refractivity contribution in [2.45, 2.75) is 19.8 Å². The van der Waals surface area contributed by atoms with E-state index in [0.29, 0.717) is 0 Å². The van der Waals surface area contributed by atoms with Crippen molar-refractivity contribution in [2.24, 2.45) is 0 Å². The summed E-state index contributed by atoms with van der Waals surface area (Å²) < 4.78 is 0. The zero-order chi connectivity index (χ0) is 12.8. The first-order valence-corrected chi connectivity index (χ1v) is 7.01. The number of aryl methyl sites for hydroxylation is 2. The van der Waals surface area contributed by atoms with E-state index in [0.717, 1.165) is 30.5 Å². The van der Waals surface area contributed by atoms with Crippen LogP contribution < -0.4 is 5.32 Å². The van der Waals surface area contributed by atoms with Crippen molar-refractivity contribution in [3.05, 3.63) is 57.8 Å². The van der Waals surface area contributed by atoms with Gasteiger partial charge in [0, 0.05) is 17.0 Å². The highest BCUT2D eigenvalue weighted by atomic mass is 32.1. The van der Waals surface area contributed by atoms with E-state index in [4.69, 9.17) is 0 Å². The van der Waals surface area contributed by atoms with E-state index in [1.165, 1.54) is 4.88 Å². The highest BCUT2D eigenvalue weighted by Gasteiger charge is 2.04. The third-order valence-electron chi connectivity index (χ3n) is 2.75. The van der Waals surface area contributed by atoms with Crippen molar-refractivity contribution in [1.29, 1.82) is 0 Å². The molecule has 18 heavy (non-hydrogen) atoms. The molecule has 0 aliphatic rings. The van der Waals surface area contributed by atoms with Gasteiger partial charge in [0.2, 0.25) is 0 Å². The molecule has 0 saturated carbocycles. The van der Waals surface area contributed by atoms with Crippen LogP contribution in [0.1, 0.15) is 27.2 Å². The molecule has 0 spiro atoms. The Morgan fingerprint density at radius 2 is 2.17 bits per heavy atom. The van der Waals surface area contributed by atoms with Crippen LogP contribution in [0.5, 0.6) is 0 Å². The molecule has 1 N–H and O–H groups in total. The van der Waals surface area contributed by atoms with Crippen LogP contribution in [0.15, 0.2) is 41.8 Å². The quantitative estimate of drug-likeness (QED) is 0.819. The van der Waals surface area contributed by atoms with Gasteiger partial charge in [0.1, 0.15) is 0 Å². The fourth-order valence-electron chi connectivity index (χ4n) is 1.81. The largest absolute Gasteiger partial charge is 0.352 e. The first-order valence-electron chi connectivity index (χ1n) is 6.13. The van der Waals surface area contributed by atoms with E-state index in [1.54, 1.807) is 11.3 Å². The lowest BCUT2D eigenvalue weighted by Gasteiger charge is -2.05. The average molecular weight is 259 g/mol. The molecule has 0 radical (unpaired) electrons. The molecule has 2 rings (SSSR count). The van der Waals surface area contributed by atoms with Crippen molar-refractivity contribution < 1.29 is 4.79 Å². The van der Waals surface area contributed by atoms with Gasteiger partial charge in [-0.05, 0) is 43.3 Å². The molecule has 0 unspecified atom stereocenters. The van der Waals surface area contributed by atoms with Gasteiger partial charge in [-0.1, -0.05) is 23.8 Å². The fraction of sp³-hybridized carbons (Fsp3) is 0.267. The van der Waals surface area contributed by atoms with E-state index in [9.17, 15) is 4.79 Å². The number of amides is 1. The molecule has 0 aliphatic carbocycles. The number of carbonyl (C=O) groups is 1. The fourth-order valence-corrected chi connectivity index (χ4v) is 2.56. The Hall–Kier alpha value is -1.61. The smallest absolute Gasteiger partial charge is 0.251 e. The lowest BCUT2D eigenvalue weighted by atomic mass is 10.1. The minimum Gasteiger partial charge on any atom is -0.352 e. The summed E-state index contributed by atoms with van der Waals surface area (Å²) in [6.07, 6.45) is 2.02. The Bertz CT molecular complexity index is 505. The third kappa shape index (κ3) is 3.70. The summed E-state index contributed by atoms with van der Waals surface area (Å²) in [7, 11) is 0. The number of thiophene rings is 1. The molecule has 1 heterocycles. The molecule has 1 aromatic carbocycles. The first kappa shape index (κ1) is 12.8. The minimum atomic E-state index is 0.0184. The van der Waals surface area contributed by atoms with Crippen LogP contribution in [0.4, 0.5) is 0 Å². The second-order valence-corrected chi connectivity index (χ2v) is 5.34. The average Bonchev–Trinajstić information content (AvgIpc) is 2.87. The molecule has 0 bridgehead atoms. The number of hydrogen-bond acceptors (Lipinski definition) is 2. The van der Waals surface area contributed by atoms with Crippen molar-refractivity contribution in [3.8, 4) is 0 Å². The van der Waals surface area contributed by atoms with Gasteiger partial charge in [0.05, 0.1) is 0 Å². The van der Waals surface area contributed by atoms with E-state index in [2.05, 4.69) is 22.8 Å². The summed E-state index contributed by atoms with van der Waals surface area (Å²) in [6.45, 7) is 2.72. The van der Waals surface area contributed by atoms with Crippen LogP contribution in [0.25, 0.3) is 0 Å². The van der Waals surface area contributed by atoms with Gasteiger partial charge in [-0.2, -0.15) is 0 Å². The van der Waals surface area contributed by atoms with Crippen molar-refractivity contribution in [2.75, 3.05) is 6.54 Å². The highest BCUT2D eigenvalue weighted by molar-refractivity contribution is 7.09. The predicted molar refractivity (Wildman–Crippen MR) is 76.2 cm³/mol. The lowest BCUT2D eigenvalue weighted by Crippen LogP contribution is -2.24. The van der Waals surface area contributed by atoms with Crippen LogP contribution in [-0.4, -0.2) is 12.5 Å². The molecule has 2 aromatic rings. The second-order valence-electron chi connectivity index (χ2n) is 4.31. The van der Waals surface area contributed by atoms with Crippen LogP contribution in [0.3, 0.4) is 0 Å². The maximum absolute atomic E-state index is 11.8. The van der Waals surface area contributed by atoms with Gasteiger partial charge in [-0.3, -0.25) is 4.79 Å². The van der Waals surface area contributed by atoms with Crippen LogP contribution in [0, 0.1) is 6.92 Å². The first-order chi connectivity index (χ1) is 8.75. The zero-order valence-electron chi connectivity index (χ0n) is 10.5. The lowest BCUT2D eigenvalue weighted by molar-refractivity contribution is 0.0953. The van der Waals surface area contributed by atoms with Gasteiger partial charge in [0.15, 0.2) is 0 Å². The molecule has 1 aromatic heterocycles. The number of benzene rings is 1. The van der Waals surface area contributed by atoms with Crippen molar-refractivity contribution >= 4 is 17.2 Å². The van der Waals surface area contributed by atoms with E-state index >= 15 is 0 Å². The Kier molecular flexibility index (Phi) is 4.53. The molecule has 1 amide bonds. The maximum Gasteiger partial charge on any atom is 0.251 e. The zero-order valence-corrected chi connectivity index (χ0v) is 11.3. The van der Waals surface area contributed by atoms with Crippen LogP contribution in [0.2, 0.25) is 0 Å². The Morgan fingerprint density at radius 3 is 2.89 bits per heavy atom. The van der Waals surface area contributed by atoms with Crippen molar-refractivity contribution in [3.63, 3.8) is 0 Å². The summed E-state index contributed by atoms with van der Waals surface area (Å²) in [4.78, 5) is 13.2. The minimum absolute atomic E-state index is 0.0184. The van der Waals surface area contributed by atoms with E-state index in [1.807, 2.05) is 31.2 Å². The molecule has 0 fully saturated rings. The molecule has 94 valence electrons. The van der Waals surface area contributed by atoms with Gasteiger partial charge in [-0.15, -0.1) is 11.3 Å². The van der Waals surface area contributed by atoms with Crippen molar-refractivity contribution in [1.82, 2.24) is 5.32 Å². The highest BCUT2D eigenvalue weighted by Crippen LogP contribution is 2.10. The summed E-state index contributed by atoms with van der Waals surface area (Å²) >= 11 is 1.77. The van der Waals surface area contributed by atoms with Gasteiger partial charge >= 0.3 is 0 Å². The van der Waals surface area contributed by atoms with Gasteiger partial charge < -0.3 is 5.32 Å². The monoisotopic (exact) mass is 259 g/mol. The Balaban J connectivity index is 1.75. The molecule has 0 saturated heterocycles. The van der Waals surface area contributed by atoms with E-state index in [-0.39, 0.29) is 5.91 Å². The van der Waals surface area contributed by atoms with Gasteiger partial charge in [0.25, 0.3) is 5.91 Å². The summed E-state index contributed by atoms with van der Waals surface area (Å²) in [5.41, 5.74) is 1.85. The number of hydrogen-bond donors (Lipinski definition) is 1. The third-order valence-corrected chi connectivity index (χ3v) is 3.68. The summed E-state index contributed by atoms with van der Waals surface area (Å²) in [5.74, 6) is 0.0184. The topological polar surface area (TPSA) is 29.1 Å². The summed E-state index contributed by atoms with van der Waals surface area (Å²) in [5, 5.41) is 5.04. The van der Waals surface area contributed by atoms with Crippen LogP contribution in [-0.2, 0) is 6.42 Å². The van der Waals surface area contributed by atoms with Crippen LogP contribution >= 0.6 is 11.3 Å². The molecular formula is C15H17NOS. The molecule has 0 aliphatic heterocycles. The number of rotatable bonds is 5. The maximum atomic E-state index is 11.8. The molecular weight excluding hydrogens is 242 g/mol. The molecule has 2 nitrogen and oxygen atoms in total. The van der Waals surface area contributed by atoms with E-state index < -0.39 is 0 Å². The van der Waals surface area contributed by atoms with Gasteiger partial charge in [-0.25, -0.2) is 0 Å². The molecule has 0 atom stereocenters. The standard InChI is InChI=1S/C15H17NOS/c1-12-5-2-6-13(11-12)15(17)16-9-3-7-14-8-4-10-18-14/h2,4-6,8,10-11H,3,7,9H2,1H3,(H,16,17). The predicted octanol–water partition coefficient (Wildman–Crippen LogP) is 3.42. The number of nitrogens with one attached hydrogen (secondary N) is 1. The normalized spacial score (nSPS) is 10.3.